The first-order valence-corrected chi connectivity index (χ1v) is 7.53. The fraction of sp³-hybridized carbons (Fsp3) is 0.0667. The van der Waals surface area contributed by atoms with Crippen molar-refractivity contribution in [1.29, 1.82) is 0 Å². The monoisotopic (exact) mass is 286 g/mol. The van der Waals surface area contributed by atoms with E-state index >= 15 is 0 Å². The third kappa shape index (κ3) is 4.13. The summed E-state index contributed by atoms with van der Waals surface area (Å²) in [5.74, 6) is -0.223. The van der Waals surface area contributed by atoms with E-state index in [4.69, 9.17) is 0 Å². The van der Waals surface area contributed by atoms with Crippen LogP contribution in [0.25, 0.3) is 6.08 Å². The molecule has 0 unspecified atom stereocenters. The summed E-state index contributed by atoms with van der Waals surface area (Å²) in [6.07, 6.45) is 8.11. The van der Waals surface area contributed by atoms with Crippen LogP contribution in [0, 0.1) is 0 Å². The topological polar surface area (TPSA) is 59.1 Å². The second kappa shape index (κ2) is 6.77. The lowest BCUT2D eigenvalue weighted by Crippen LogP contribution is -2.07. The third-order valence-corrected chi connectivity index (χ3v) is 3.50. The highest BCUT2D eigenvalue weighted by Crippen LogP contribution is 2.12. The minimum Gasteiger partial charge on any atom is -0.323 e. The van der Waals surface area contributed by atoms with Gasteiger partial charge in [0, 0.05) is 46.1 Å². The minimum absolute atomic E-state index is 0.223. The Morgan fingerprint density at radius 2 is 2.00 bits per heavy atom. The molecule has 0 bridgehead atoms. The standard InChI is InChI=1S/C15H14N2O2S/c1-20(19)14-7-5-13(6-8-14)17-15(18)9-4-12-3-2-10-16-11-12/h2-11H,1H3,(H,17,18)/b9-4-/t20-/m0/s1. The van der Waals surface area contributed by atoms with Crippen LogP contribution in [0.1, 0.15) is 5.56 Å². The maximum Gasteiger partial charge on any atom is 0.248 e. The lowest BCUT2D eigenvalue weighted by molar-refractivity contribution is -0.111. The van der Waals surface area contributed by atoms with Gasteiger partial charge >= 0.3 is 0 Å². The van der Waals surface area contributed by atoms with Crippen molar-refractivity contribution in [3.8, 4) is 0 Å². The van der Waals surface area contributed by atoms with Gasteiger partial charge in [-0.15, -0.1) is 0 Å². The molecule has 0 aliphatic heterocycles. The van der Waals surface area contributed by atoms with Gasteiger partial charge in [-0.2, -0.15) is 0 Å². The molecule has 0 radical (unpaired) electrons. The molecule has 1 atom stereocenters. The summed E-state index contributed by atoms with van der Waals surface area (Å²) in [6, 6.07) is 10.6. The highest BCUT2D eigenvalue weighted by molar-refractivity contribution is 7.84. The number of rotatable bonds is 4. The number of anilines is 1. The van der Waals surface area contributed by atoms with Gasteiger partial charge in [0.25, 0.3) is 0 Å². The number of hydrogen-bond acceptors (Lipinski definition) is 3. The van der Waals surface area contributed by atoms with Gasteiger partial charge in [0.15, 0.2) is 0 Å². The van der Waals surface area contributed by atoms with Crippen LogP contribution in [-0.2, 0) is 15.6 Å². The summed E-state index contributed by atoms with van der Waals surface area (Å²) in [7, 11) is -1.01. The van der Waals surface area contributed by atoms with Crippen molar-refractivity contribution in [3.63, 3.8) is 0 Å². The molecule has 1 amide bonds. The van der Waals surface area contributed by atoms with Crippen LogP contribution in [0.15, 0.2) is 59.8 Å². The summed E-state index contributed by atoms with van der Waals surface area (Å²) in [6.45, 7) is 0. The molecule has 102 valence electrons. The molecule has 1 aromatic carbocycles. The largest absolute Gasteiger partial charge is 0.323 e. The highest BCUT2D eigenvalue weighted by Gasteiger charge is 2.00. The van der Waals surface area contributed by atoms with Crippen molar-refractivity contribution in [1.82, 2.24) is 4.98 Å². The number of carbonyl (C=O) groups is 1. The molecule has 0 spiro atoms. The van der Waals surface area contributed by atoms with Gasteiger partial charge in [-0.1, -0.05) is 6.07 Å². The van der Waals surface area contributed by atoms with E-state index in [0.29, 0.717) is 5.69 Å². The van der Waals surface area contributed by atoms with Gasteiger partial charge in [-0.05, 0) is 42.0 Å². The predicted octanol–water partition coefficient (Wildman–Crippen LogP) is 2.47. The molecule has 5 heteroatoms. The number of nitrogens with one attached hydrogen (secondary N) is 1. The Morgan fingerprint density at radius 1 is 1.25 bits per heavy atom. The molecule has 4 nitrogen and oxygen atoms in total. The summed E-state index contributed by atoms with van der Waals surface area (Å²) in [5.41, 5.74) is 1.53. The predicted molar refractivity (Wildman–Crippen MR) is 80.7 cm³/mol. The molecule has 2 aromatic rings. The minimum atomic E-state index is -1.01. The molecule has 0 aliphatic rings. The molecular weight excluding hydrogens is 272 g/mol. The normalized spacial score (nSPS) is 12.2. The zero-order valence-corrected chi connectivity index (χ0v) is 11.8. The molecule has 2 rings (SSSR count). The number of carbonyl (C=O) groups excluding carboxylic acids is 1. The smallest absolute Gasteiger partial charge is 0.248 e. The molecule has 1 N–H and O–H groups in total. The van der Waals surface area contributed by atoms with Crippen LogP contribution < -0.4 is 5.32 Å². The fourth-order valence-electron chi connectivity index (χ4n) is 1.56. The van der Waals surface area contributed by atoms with Crippen molar-refractivity contribution >= 4 is 28.5 Å². The van der Waals surface area contributed by atoms with Crippen molar-refractivity contribution in [2.24, 2.45) is 0 Å². The van der Waals surface area contributed by atoms with E-state index in [1.165, 1.54) is 6.08 Å². The van der Waals surface area contributed by atoms with Crippen molar-refractivity contribution < 1.29 is 9.00 Å². The van der Waals surface area contributed by atoms with E-state index in [-0.39, 0.29) is 5.91 Å². The van der Waals surface area contributed by atoms with Crippen LogP contribution in [0.3, 0.4) is 0 Å². The van der Waals surface area contributed by atoms with Gasteiger partial charge in [0.05, 0.1) is 0 Å². The summed E-state index contributed by atoms with van der Waals surface area (Å²) < 4.78 is 11.2. The molecule has 1 heterocycles. The van der Waals surface area contributed by atoms with Crippen molar-refractivity contribution in [2.45, 2.75) is 4.90 Å². The molecule has 1 aromatic heterocycles. The van der Waals surface area contributed by atoms with Crippen molar-refractivity contribution in [3.05, 3.63) is 60.4 Å². The Morgan fingerprint density at radius 3 is 2.60 bits per heavy atom. The average Bonchev–Trinajstić information content (AvgIpc) is 2.47. The maximum absolute atomic E-state index is 11.7. The summed E-state index contributed by atoms with van der Waals surface area (Å²) >= 11 is 0. The van der Waals surface area contributed by atoms with Crippen LogP contribution in [0.4, 0.5) is 5.69 Å². The number of hydrogen-bond donors (Lipinski definition) is 1. The van der Waals surface area contributed by atoms with Crippen LogP contribution in [0.2, 0.25) is 0 Å². The highest BCUT2D eigenvalue weighted by atomic mass is 32.2. The maximum atomic E-state index is 11.7. The second-order valence-electron chi connectivity index (χ2n) is 4.09. The number of benzene rings is 1. The molecule has 20 heavy (non-hydrogen) atoms. The van der Waals surface area contributed by atoms with E-state index in [1.54, 1.807) is 55.1 Å². The van der Waals surface area contributed by atoms with E-state index in [2.05, 4.69) is 10.3 Å². The van der Waals surface area contributed by atoms with Crippen LogP contribution in [0.5, 0.6) is 0 Å². The lowest BCUT2D eigenvalue weighted by Gasteiger charge is -2.03. The van der Waals surface area contributed by atoms with Crippen molar-refractivity contribution in [2.75, 3.05) is 11.6 Å². The number of amides is 1. The van der Waals surface area contributed by atoms with Crippen LogP contribution in [-0.4, -0.2) is 21.4 Å². The van der Waals surface area contributed by atoms with Gasteiger partial charge in [-0.25, -0.2) is 0 Å². The first-order chi connectivity index (χ1) is 9.65. The van der Waals surface area contributed by atoms with E-state index in [9.17, 15) is 9.00 Å². The summed E-state index contributed by atoms with van der Waals surface area (Å²) in [4.78, 5) is 16.4. The van der Waals surface area contributed by atoms with Gasteiger partial charge in [0.2, 0.25) is 5.91 Å². The zero-order valence-electron chi connectivity index (χ0n) is 10.9. The quantitative estimate of drug-likeness (QED) is 0.878. The first-order valence-electron chi connectivity index (χ1n) is 5.98. The van der Waals surface area contributed by atoms with Gasteiger partial charge < -0.3 is 5.32 Å². The first kappa shape index (κ1) is 14.1. The molecule has 0 saturated carbocycles. The number of pyridine rings is 1. The van der Waals surface area contributed by atoms with E-state index < -0.39 is 10.8 Å². The number of nitrogens with zero attached hydrogens (tertiary/aromatic N) is 1. The Hall–Kier alpha value is -2.27. The van der Waals surface area contributed by atoms with Gasteiger partial charge in [-0.3, -0.25) is 14.0 Å². The fourth-order valence-corrected chi connectivity index (χ4v) is 2.08. The number of aromatic nitrogens is 1. The molecule has 0 fully saturated rings. The van der Waals surface area contributed by atoms with Gasteiger partial charge in [0.1, 0.15) is 0 Å². The Balaban J connectivity index is 1.98. The average molecular weight is 286 g/mol. The van der Waals surface area contributed by atoms with Crippen LogP contribution >= 0.6 is 0 Å². The molecule has 0 aliphatic carbocycles. The lowest BCUT2D eigenvalue weighted by atomic mass is 10.2. The SMILES string of the molecule is C[S@](=O)c1ccc(NC(=O)/C=C\c2cccnc2)cc1. The summed E-state index contributed by atoms with van der Waals surface area (Å²) in [5, 5.41) is 2.73. The zero-order chi connectivity index (χ0) is 14.4. The Kier molecular flexibility index (Phi) is 4.79. The third-order valence-electron chi connectivity index (χ3n) is 2.57. The molecular formula is C15H14N2O2S. The molecule has 0 saturated heterocycles. The van der Waals surface area contributed by atoms with E-state index in [0.717, 1.165) is 10.5 Å². The Bertz CT molecular complexity index is 637. The Labute approximate surface area is 120 Å². The second-order valence-corrected chi connectivity index (χ2v) is 5.47. The van der Waals surface area contributed by atoms with E-state index in [1.807, 2.05) is 6.07 Å².